The summed E-state index contributed by atoms with van der Waals surface area (Å²) in [4.78, 5) is 0. The van der Waals surface area contributed by atoms with Crippen LogP contribution in [0.25, 0.3) is 76.1 Å². The Bertz CT molecular complexity index is 2220. The molecule has 0 fully saturated rings. The van der Waals surface area contributed by atoms with E-state index in [1.54, 1.807) is 0 Å². The molecule has 3 nitrogen and oxygen atoms in total. The molecule has 8 rings (SSSR count). The zero-order valence-electron chi connectivity index (χ0n) is 23.2. The molecule has 0 unspecified atom stereocenters. The first kappa shape index (κ1) is 25.3. The molecule has 0 spiro atoms. The Hall–Kier alpha value is -5.45. The highest BCUT2D eigenvalue weighted by molar-refractivity contribution is 7.26. The molecule has 4 heteroatoms. The first-order valence-electron chi connectivity index (χ1n) is 14.3. The van der Waals surface area contributed by atoms with Crippen molar-refractivity contribution in [2.75, 3.05) is 0 Å². The number of nitrogens with zero attached hydrogens (tertiary/aromatic N) is 3. The van der Waals surface area contributed by atoms with Crippen LogP contribution < -0.4 is 0 Å². The number of aromatic nitrogens is 3. The van der Waals surface area contributed by atoms with Gasteiger partial charge in [0.25, 0.3) is 0 Å². The Morgan fingerprint density at radius 2 is 0.907 bits per heavy atom. The monoisotopic (exact) mass is 567 g/mol. The third-order valence-corrected chi connectivity index (χ3v) is 9.09. The first-order valence-corrected chi connectivity index (χ1v) is 15.1. The zero-order valence-corrected chi connectivity index (χ0v) is 24.0. The lowest BCUT2D eigenvalue weighted by Crippen LogP contribution is -2.02. The summed E-state index contributed by atoms with van der Waals surface area (Å²) >= 11 is 1.83. The second-order valence-electron chi connectivity index (χ2n) is 10.5. The van der Waals surface area contributed by atoms with Crippen LogP contribution in [-0.4, -0.2) is 15.4 Å². The summed E-state index contributed by atoms with van der Waals surface area (Å²) in [5, 5.41) is 16.5. The predicted molar refractivity (Wildman–Crippen MR) is 180 cm³/mol. The van der Waals surface area contributed by atoms with E-state index >= 15 is 0 Å². The molecular weight excluding hydrogens is 543 g/mol. The molecule has 8 aromatic rings. The summed E-state index contributed by atoms with van der Waals surface area (Å²) in [6, 6.07) is 53.1. The maximum atomic E-state index is 4.81. The molecule has 0 saturated carbocycles. The number of benzene rings is 6. The maximum absolute atomic E-state index is 4.81. The van der Waals surface area contributed by atoms with Crippen molar-refractivity contribution in [2.24, 2.45) is 0 Å². The molecule has 0 aliphatic rings. The fourth-order valence-corrected chi connectivity index (χ4v) is 7.17. The maximum Gasteiger partial charge on any atom is 0.105 e. The Kier molecular flexibility index (Phi) is 6.32. The molecule has 0 N–H and O–H groups in total. The molecular formula is C39H25N3S. The fourth-order valence-electron chi connectivity index (χ4n) is 6.06. The van der Waals surface area contributed by atoms with Crippen molar-refractivity contribution in [1.82, 2.24) is 15.4 Å². The number of hydrogen-bond donors (Lipinski definition) is 0. The minimum absolute atomic E-state index is 0.810. The number of hydrogen-bond acceptors (Lipinski definition) is 4. The van der Waals surface area contributed by atoms with Gasteiger partial charge >= 0.3 is 0 Å². The van der Waals surface area contributed by atoms with E-state index in [0.29, 0.717) is 0 Å². The molecule has 2 aromatic heterocycles. The highest BCUT2D eigenvalue weighted by Gasteiger charge is 2.24. The Balaban J connectivity index is 1.49. The minimum atomic E-state index is 0.810. The van der Waals surface area contributed by atoms with Gasteiger partial charge in [-0.15, -0.1) is 21.5 Å². The Morgan fingerprint density at radius 3 is 1.60 bits per heavy atom. The summed E-state index contributed by atoms with van der Waals surface area (Å²) in [5.74, 6) is 0. The molecule has 43 heavy (non-hydrogen) atoms. The number of rotatable bonds is 5. The number of thiophene rings is 1. The van der Waals surface area contributed by atoms with Crippen LogP contribution in [0.15, 0.2) is 152 Å². The van der Waals surface area contributed by atoms with Gasteiger partial charge < -0.3 is 0 Å². The van der Waals surface area contributed by atoms with Gasteiger partial charge in [-0.05, 0) is 39.6 Å². The van der Waals surface area contributed by atoms with Gasteiger partial charge in [-0.1, -0.05) is 140 Å². The van der Waals surface area contributed by atoms with Crippen molar-refractivity contribution in [2.45, 2.75) is 0 Å². The van der Waals surface area contributed by atoms with Gasteiger partial charge in [0, 0.05) is 42.4 Å². The van der Waals surface area contributed by atoms with Crippen LogP contribution >= 0.6 is 11.3 Å². The van der Waals surface area contributed by atoms with Gasteiger partial charge in [-0.3, -0.25) is 0 Å². The molecule has 202 valence electrons. The third-order valence-electron chi connectivity index (χ3n) is 7.95. The fraction of sp³-hybridized carbons (Fsp3) is 0. The van der Waals surface area contributed by atoms with E-state index in [2.05, 4.69) is 145 Å². The normalized spacial score (nSPS) is 11.3. The topological polar surface area (TPSA) is 38.7 Å². The summed E-state index contributed by atoms with van der Waals surface area (Å²) in [6.07, 6.45) is 0. The van der Waals surface area contributed by atoms with E-state index in [1.807, 2.05) is 23.5 Å². The molecule has 6 aromatic carbocycles. The zero-order chi connectivity index (χ0) is 28.6. The van der Waals surface area contributed by atoms with Crippen molar-refractivity contribution in [3.05, 3.63) is 152 Å². The quantitative estimate of drug-likeness (QED) is 0.208. The lowest BCUT2D eigenvalue weighted by atomic mass is 9.87. The largest absolute Gasteiger partial charge is 0.135 e. The molecule has 2 heterocycles. The van der Waals surface area contributed by atoms with Crippen LogP contribution in [0.2, 0.25) is 0 Å². The van der Waals surface area contributed by atoms with Gasteiger partial charge in [-0.2, -0.15) is 0 Å². The van der Waals surface area contributed by atoms with Crippen LogP contribution in [0, 0.1) is 0 Å². The van der Waals surface area contributed by atoms with Crippen molar-refractivity contribution < 1.29 is 0 Å². The molecule has 0 aliphatic heterocycles. The molecule has 0 aliphatic carbocycles. The van der Waals surface area contributed by atoms with Crippen LogP contribution in [0.1, 0.15) is 0 Å². The highest BCUT2D eigenvalue weighted by Crippen LogP contribution is 2.47. The minimum Gasteiger partial charge on any atom is -0.135 e. The van der Waals surface area contributed by atoms with Crippen LogP contribution in [0.4, 0.5) is 0 Å². The average Bonchev–Trinajstić information content (AvgIpc) is 3.47. The van der Waals surface area contributed by atoms with Crippen LogP contribution in [-0.2, 0) is 0 Å². The first-order chi connectivity index (χ1) is 21.4. The van der Waals surface area contributed by atoms with E-state index in [-0.39, 0.29) is 0 Å². The van der Waals surface area contributed by atoms with Crippen LogP contribution in [0.3, 0.4) is 0 Å². The lowest BCUT2D eigenvalue weighted by molar-refractivity contribution is 0.879. The van der Waals surface area contributed by atoms with Crippen molar-refractivity contribution in [3.8, 4) is 55.9 Å². The summed E-state index contributed by atoms with van der Waals surface area (Å²) < 4.78 is 2.52. The van der Waals surface area contributed by atoms with Gasteiger partial charge in [0.15, 0.2) is 0 Å². The van der Waals surface area contributed by atoms with Gasteiger partial charge in [0.1, 0.15) is 11.4 Å². The van der Waals surface area contributed by atoms with Crippen molar-refractivity contribution >= 4 is 31.5 Å². The van der Waals surface area contributed by atoms with E-state index in [0.717, 1.165) is 55.9 Å². The lowest BCUT2D eigenvalue weighted by Gasteiger charge is -2.18. The van der Waals surface area contributed by atoms with Gasteiger partial charge in [0.05, 0.1) is 0 Å². The molecule has 0 saturated heterocycles. The Morgan fingerprint density at radius 1 is 0.372 bits per heavy atom. The average molecular weight is 568 g/mol. The molecule has 0 radical (unpaired) electrons. The highest BCUT2D eigenvalue weighted by atomic mass is 32.1. The molecule has 0 amide bonds. The molecule has 0 bridgehead atoms. The van der Waals surface area contributed by atoms with Crippen molar-refractivity contribution in [1.29, 1.82) is 0 Å². The van der Waals surface area contributed by atoms with Gasteiger partial charge in [0.2, 0.25) is 0 Å². The summed E-state index contributed by atoms with van der Waals surface area (Å²) in [7, 11) is 0. The van der Waals surface area contributed by atoms with E-state index in [1.165, 1.54) is 20.2 Å². The summed E-state index contributed by atoms with van der Waals surface area (Å²) in [5.41, 5.74) is 10.2. The third kappa shape index (κ3) is 4.40. The number of fused-ring (bicyclic) bond motifs is 3. The second kappa shape index (κ2) is 10.8. The summed E-state index contributed by atoms with van der Waals surface area (Å²) in [6.45, 7) is 0. The standard InChI is InChI=1S/C39H25N3S/c1-4-14-26(15-5-1)29-20-10-11-21-30(29)38-36(28-18-8-3-9-19-28)39(41-42-40-38)32-24-25-34-37(31-22-12-13-23-33(31)43-34)35(32)27-16-6-2-7-17-27/h1-25H. The SMILES string of the molecule is c1ccc(-c2ccccc2-c2nnnc(-c3ccc4sc5ccccc5c4c3-c3ccccc3)c2-c2ccccc2)cc1. The second-order valence-corrected chi connectivity index (χ2v) is 11.5. The predicted octanol–water partition coefficient (Wildman–Crippen LogP) is 10.6. The smallest absolute Gasteiger partial charge is 0.105 e. The van der Waals surface area contributed by atoms with Crippen molar-refractivity contribution in [3.63, 3.8) is 0 Å². The van der Waals surface area contributed by atoms with E-state index in [9.17, 15) is 0 Å². The van der Waals surface area contributed by atoms with E-state index < -0.39 is 0 Å². The molecule has 0 atom stereocenters. The van der Waals surface area contributed by atoms with Gasteiger partial charge in [-0.25, -0.2) is 0 Å². The van der Waals surface area contributed by atoms with Crippen LogP contribution in [0.5, 0.6) is 0 Å². The Labute approximate surface area is 253 Å². The van der Waals surface area contributed by atoms with E-state index in [4.69, 9.17) is 10.2 Å².